The van der Waals surface area contributed by atoms with Crippen LogP contribution in [0.4, 0.5) is 11.4 Å². The van der Waals surface area contributed by atoms with Crippen molar-refractivity contribution in [2.45, 2.75) is 40.0 Å². The summed E-state index contributed by atoms with van der Waals surface area (Å²) in [7, 11) is 3.56. The molecule has 0 heterocycles. The Balaban J connectivity index is 2.78. The summed E-state index contributed by atoms with van der Waals surface area (Å²) in [4.78, 5) is 27.2. The third-order valence-corrected chi connectivity index (χ3v) is 3.42. The van der Waals surface area contributed by atoms with Crippen LogP contribution in [0.5, 0.6) is 0 Å². The van der Waals surface area contributed by atoms with Crippen molar-refractivity contribution in [2.24, 2.45) is 5.92 Å². The van der Waals surface area contributed by atoms with Gasteiger partial charge in [-0.15, -0.1) is 0 Å². The van der Waals surface area contributed by atoms with E-state index in [-0.39, 0.29) is 11.8 Å². The highest BCUT2D eigenvalue weighted by atomic mass is 16.2. The molecule has 0 radical (unpaired) electrons. The molecule has 1 aromatic carbocycles. The van der Waals surface area contributed by atoms with Crippen LogP contribution in [0.15, 0.2) is 24.3 Å². The summed E-state index contributed by atoms with van der Waals surface area (Å²) < 4.78 is 0. The van der Waals surface area contributed by atoms with Gasteiger partial charge in [0, 0.05) is 38.3 Å². The van der Waals surface area contributed by atoms with Crippen LogP contribution in [0.3, 0.4) is 0 Å². The Labute approximate surface area is 127 Å². The second-order valence-corrected chi connectivity index (χ2v) is 5.77. The molecule has 0 spiro atoms. The molecule has 1 aromatic rings. The van der Waals surface area contributed by atoms with Crippen molar-refractivity contribution in [3.05, 3.63) is 24.3 Å². The molecule has 4 heteroatoms. The van der Waals surface area contributed by atoms with Crippen LogP contribution in [0, 0.1) is 5.92 Å². The van der Waals surface area contributed by atoms with E-state index in [1.807, 2.05) is 45.0 Å². The minimum absolute atomic E-state index is 0.105. The monoisotopic (exact) mass is 290 g/mol. The van der Waals surface area contributed by atoms with Gasteiger partial charge in [0.1, 0.15) is 0 Å². The number of nitrogens with zero attached hydrogens (tertiary/aromatic N) is 2. The predicted octanol–water partition coefficient (Wildman–Crippen LogP) is 3.46. The fourth-order valence-electron chi connectivity index (χ4n) is 2.06. The van der Waals surface area contributed by atoms with Gasteiger partial charge in [0.2, 0.25) is 11.8 Å². The Bertz CT molecular complexity index is 480. The molecule has 0 aliphatic carbocycles. The quantitative estimate of drug-likeness (QED) is 0.805. The van der Waals surface area contributed by atoms with E-state index >= 15 is 0 Å². The zero-order chi connectivity index (χ0) is 16.0. The predicted molar refractivity (Wildman–Crippen MR) is 87.6 cm³/mol. The lowest BCUT2D eigenvalue weighted by atomic mass is 10.1. The van der Waals surface area contributed by atoms with Crippen molar-refractivity contribution in [1.29, 1.82) is 0 Å². The standard InChI is InChI=1S/C17H26N2O2/c1-6-7-16(20)18(4)14-8-10-15(11-9-14)19(5)17(21)12-13(2)3/h8-11,13H,6-7,12H2,1-5H3. The second kappa shape index (κ2) is 7.81. The van der Waals surface area contributed by atoms with Crippen LogP contribution in [-0.4, -0.2) is 25.9 Å². The number of hydrogen-bond donors (Lipinski definition) is 0. The van der Waals surface area contributed by atoms with Gasteiger partial charge in [-0.2, -0.15) is 0 Å². The first-order valence-corrected chi connectivity index (χ1v) is 7.50. The first-order chi connectivity index (χ1) is 9.86. The third kappa shape index (κ3) is 4.88. The van der Waals surface area contributed by atoms with E-state index in [0.717, 1.165) is 17.8 Å². The lowest BCUT2D eigenvalue weighted by Crippen LogP contribution is -2.28. The van der Waals surface area contributed by atoms with Crippen LogP contribution in [0.2, 0.25) is 0 Å². The summed E-state index contributed by atoms with van der Waals surface area (Å²) in [6.45, 7) is 6.05. The minimum Gasteiger partial charge on any atom is -0.316 e. The third-order valence-electron chi connectivity index (χ3n) is 3.42. The second-order valence-electron chi connectivity index (χ2n) is 5.77. The van der Waals surface area contributed by atoms with Gasteiger partial charge in [0.25, 0.3) is 0 Å². The molecule has 0 saturated carbocycles. The highest BCUT2D eigenvalue weighted by Gasteiger charge is 2.14. The topological polar surface area (TPSA) is 40.6 Å². The molecule has 0 saturated heterocycles. The maximum Gasteiger partial charge on any atom is 0.226 e. The molecule has 0 aliphatic rings. The number of benzene rings is 1. The van der Waals surface area contributed by atoms with Gasteiger partial charge in [-0.05, 0) is 36.6 Å². The number of carbonyl (C=O) groups excluding carboxylic acids is 2. The van der Waals surface area contributed by atoms with Crippen LogP contribution in [-0.2, 0) is 9.59 Å². The average molecular weight is 290 g/mol. The van der Waals surface area contributed by atoms with Crippen LogP contribution in [0.25, 0.3) is 0 Å². The maximum absolute atomic E-state index is 12.0. The molecule has 4 nitrogen and oxygen atoms in total. The fraction of sp³-hybridized carbons (Fsp3) is 0.529. The Morgan fingerprint density at radius 1 is 0.952 bits per heavy atom. The smallest absolute Gasteiger partial charge is 0.226 e. The van der Waals surface area contributed by atoms with Gasteiger partial charge in [0.15, 0.2) is 0 Å². The molecule has 1 rings (SSSR count). The lowest BCUT2D eigenvalue weighted by Gasteiger charge is -2.21. The average Bonchev–Trinajstić information content (AvgIpc) is 2.45. The van der Waals surface area contributed by atoms with E-state index in [9.17, 15) is 9.59 Å². The molecule has 0 fully saturated rings. The first-order valence-electron chi connectivity index (χ1n) is 7.50. The van der Waals surface area contributed by atoms with Crippen molar-refractivity contribution >= 4 is 23.2 Å². The molecular weight excluding hydrogens is 264 g/mol. The van der Waals surface area contributed by atoms with Crippen LogP contribution in [0.1, 0.15) is 40.0 Å². The van der Waals surface area contributed by atoms with Crippen molar-refractivity contribution in [3.8, 4) is 0 Å². The SMILES string of the molecule is CCCC(=O)N(C)c1ccc(N(C)C(=O)CC(C)C)cc1. The zero-order valence-corrected chi connectivity index (χ0v) is 13.7. The summed E-state index contributed by atoms with van der Waals surface area (Å²) in [6, 6.07) is 7.51. The largest absolute Gasteiger partial charge is 0.316 e. The van der Waals surface area contributed by atoms with E-state index in [2.05, 4.69) is 0 Å². The van der Waals surface area contributed by atoms with E-state index in [0.29, 0.717) is 18.8 Å². The number of amides is 2. The molecule has 0 bridgehead atoms. The summed E-state index contributed by atoms with van der Waals surface area (Å²) in [5.41, 5.74) is 1.70. The molecule has 116 valence electrons. The number of hydrogen-bond acceptors (Lipinski definition) is 2. The molecular formula is C17H26N2O2. The Hall–Kier alpha value is -1.84. The van der Waals surface area contributed by atoms with Crippen molar-refractivity contribution in [3.63, 3.8) is 0 Å². The number of carbonyl (C=O) groups is 2. The maximum atomic E-state index is 12.0. The molecule has 0 aliphatic heterocycles. The molecule has 0 atom stereocenters. The highest BCUT2D eigenvalue weighted by Crippen LogP contribution is 2.21. The van der Waals surface area contributed by atoms with Gasteiger partial charge in [-0.25, -0.2) is 0 Å². The fourth-order valence-corrected chi connectivity index (χ4v) is 2.06. The molecule has 0 N–H and O–H groups in total. The van der Waals surface area contributed by atoms with Crippen molar-refractivity contribution in [2.75, 3.05) is 23.9 Å². The summed E-state index contributed by atoms with van der Waals surface area (Å²) in [5, 5.41) is 0. The van der Waals surface area contributed by atoms with E-state index < -0.39 is 0 Å². The van der Waals surface area contributed by atoms with Gasteiger partial charge in [0.05, 0.1) is 0 Å². The summed E-state index contributed by atoms with van der Waals surface area (Å²) in [5.74, 6) is 0.555. The number of rotatable bonds is 6. The van der Waals surface area contributed by atoms with Crippen molar-refractivity contribution < 1.29 is 9.59 Å². The first kappa shape index (κ1) is 17.2. The Morgan fingerprint density at radius 2 is 1.38 bits per heavy atom. The van der Waals surface area contributed by atoms with Crippen LogP contribution >= 0.6 is 0 Å². The van der Waals surface area contributed by atoms with Crippen LogP contribution < -0.4 is 9.80 Å². The molecule has 0 aromatic heterocycles. The zero-order valence-electron chi connectivity index (χ0n) is 13.7. The normalized spacial score (nSPS) is 10.6. The van der Waals surface area contributed by atoms with E-state index in [4.69, 9.17) is 0 Å². The summed E-state index contributed by atoms with van der Waals surface area (Å²) in [6.07, 6.45) is 1.92. The van der Waals surface area contributed by atoms with Gasteiger partial charge in [-0.3, -0.25) is 9.59 Å². The van der Waals surface area contributed by atoms with Gasteiger partial charge < -0.3 is 9.80 Å². The van der Waals surface area contributed by atoms with Crippen molar-refractivity contribution in [1.82, 2.24) is 0 Å². The van der Waals surface area contributed by atoms with E-state index in [1.165, 1.54) is 0 Å². The highest BCUT2D eigenvalue weighted by molar-refractivity contribution is 5.95. The van der Waals surface area contributed by atoms with E-state index in [1.54, 1.807) is 23.9 Å². The van der Waals surface area contributed by atoms with Gasteiger partial charge in [-0.1, -0.05) is 20.8 Å². The minimum atomic E-state index is 0.105. The Morgan fingerprint density at radius 3 is 1.76 bits per heavy atom. The summed E-state index contributed by atoms with van der Waals surface area (Å²) >= 11 is 0. The lowest BCUT2D eigenvalue weighted by molar-refractivity contribution is -0.119. The molecule has 0 unspecified atom stereocenters. The Kier molecular flexibility index (Phi) is 6.40. The number of anilines is 2. The van der Waals surface area contributed by atoms with Gasteiger partial charge >= 0.3 is 0 Å². The molecule has 21 heavy (non-hydrogen) atoms. The molecule has 2 amide bonds.